The number of rotatable bonds is 6. The first-order valence-electron chi connectivity index (χ1n) is 9.75. The van der Waals surface area contributed by atoms with E-state index in [1.165, 1.54) is 0 Å². The molecule has 0 aliphatic carbocycles. The van der Waals surface area contributed by atoms with Crippen molar-refractivity contribution in [1.29, 1.82) is 0 Å². The van der Waals surface area contributed by atoms with Crippen LogP contribution in [0.4, 0.5) is 0 Å². The zero-order valence-corrected chi connectivity index (χ0v) is 17.5. The number of guanidine groups is 1. The highest BCUT2D eigenvalue weighted by Crippen LogP contribution is 2.22. The molecule has 156 valence electrons. The summed E-state index contributed by atoms with van der Waals surface area (Å²) >= 11 is 0. The number of nitrogens with one attached hydrogen (secondary N) is 2. The summed E-state index contributed by atoms with van der Waals surface area (Å²) < 4.78 is 7.15. The minimum atomic E-state index is -0.0217. The number of carbonyl (C=O) groups excluding carboxylic acids is 1. The zero-order chi connectivity index (χ0) is 20.8. The first kappa shape index (κ1) is 20.6. The van der Waals surface area contributed by atoms with Gasteiger partial charge in [0, 0.05) is 20.6 Å². The van der Waals surface area contributed by atoms with E-state index in [0.717, 1.165) is 42.3 Å². The van der Waals surface area contributed by atoms with E-state index >= 15 is 0 Å². The largest absolute Gasteiger partial charge is 0.497 e. The van der Waals surface area contributed by atoms with Crippen molar-refractivity contribution in [3.8, 4) is 5.75 Å². The van der Waals surface area contributed by atoms with Crippen LogP contribution in [-0.2, 0) is 17.9 Å². The molecule has 0 saturated carbocycles. The van der Waals surface area contributed by atoms with E-state index in [1.54, 1.807) is 26.1 Å². The molecule has 1 aromatic carbocycles. The molecule has 3 rings (SSSR count). The molecular formula is C20H29N7O2. The van der Waals surface area contributed by atoms with Crippen LogP contribution in [0.2, 0.25) is 0 Å². The summed E-state index contributed by atoms with van der Waals surface area (Å²) in [5, 5.41) is 11.0. The van der Waals surface area contributed by atoms with Crippen LogP contribution < -0.4 is 15.4 Å². The molecule has 0 saturated heterocycles. The van der Waals surface area contributed by atoms with Gasteiger partial charge in [-0.2, -0.15) is 5.10 Å². The molecule has 2 heterocycles. The fourth-order valence-corrected chi connectivity index (χ4v) is 3.14. The van der Waals surface area contributed by atoms with Crippen molar-refractivity contribution >= 4 is 11.9 Å². The van der Waals surface area contributed by atoms with Gasteiger partial charge < -0.3 is 20.3 Å². The van der Waals surface area contributed by atoms with Crippen LogP contribution in [0.3, 0.4) is 0 Å². The molecule has 29 heavy (non-hydrogen) atoms. The Morgan fingerprint density at radius 3 is 2.79 bits per heavy atom. The smallest absolute Gasteiger partial charge is 0.241 e. The minimum absolute atomic E-state index is 0.00141. The Labute approximate surface area is 171 Å². The lowest BCUT2D eigenvalue weighted by molar-refractivity contribution is -0.127. The molecule has 0 radical (unpaired) electrons. The Morgan fingerprint density at radius 1 is 1.34 bits per heavy atom. The van der Waals surface area contributed by atoms with E-state index < -0.39 is 0 Å². The molecule has 2 N–H and O–H groups in total. The van der Waals surface area contributed by atoms with Gasteiger partial charge in [-0.05, 0) is 37.5 Å². The lowest BCUT2D eigenvalue weighted by Crippen LogP contribution is -2.45. The molecule has 0 spiro atoms. The fourth-order valence-electron chi connectivity index (χ4n) is 3.14. The highest BCUT2D eigenvalue weighted by Gasteiger charge is 2.24. The summed E-state index contributed by atoms with van der Waals surface area (Å²) in [4.78, 5) is 22.8. The first-order chi connectivity index (χ1) is 14.0. The number of aromatic nitrogens is 3. The second kappa shape index (κ2) is 9.40. The van der Waals surface area contributed by atoms with Crippen molar-refractivity contribution in [2.75, 3.05) is 27.7 Å². The summed E-state index contributed by atoms with van der Waals surface area (Å²) in [5.74, 6) is 3.04. The maximum atomic E-state index is 12.0. The van der Waals surface area contributed by atoms with Crippen molar-refractivity contribution in [3.05, 3.63) is 41.5 Å². The number of benzene rings is 1. The Balaban J connectivity index is 1.74. The van der Waals surface area contributed by atoms with Crippen LogP contribution in [-0.4, -0.2) is 59.3 Å². The van der Waals surface area contributed by atoms with Crippen LogP contribution in [0.15, 0.2) is 29.3 Å². The number of amides is 1. The second-order valence-corrected chi connectivity index (χ2v) is 7.23. The maximum absolute atomic E-state index is 12.0. The molecule has 9 nitrogen and oxygen atoms in total. The normalized spacial score (nSPS) is 16.1. The number of fused-ring (bicyclic) bond motifs is 1. The molecule has 1 aromatic heterocycles. The van der Waals surface area contributed by atoms with Crippen molar-refractivity contribution in [2.24, 2.45) is 4.99 Å². The standard InChI is InChI=1S/C20H29N7O2/c1-14-23-19-17(6-5-11-27(19)25-14)24-20(22-13-18(28)26(2)3)21-12-15-7-9-16(29-4)10-8-15/h7-10,17H,5-6,11-13H2,1-4H3,(H2,21,22,24). The molecule has 1 amide bonds. The van der Waals surface area contributed by atoms with Crippen molar-refractivity contribution in [3.63, 3.8) is 0 Å². The summed E-state index contributed by atoms with van der Waals surface area (Å²) in [6.07, 6.45) is 1.94. The quantitative estimate of drug-likeness (QED) is 0.561. The minimum Gasteiger partial charge on any atom is -0.497 e. The molecule has 1 aliphatic heterocycles. The maximum Gasteiger partial charge on any atom is 0.241 e. The predicted octanol–water partition coefficient (Wildman–Crippen LogP) is 1.25. The Bertz CT molecular complexity index is 858. The number of aryl methyl sites for hydroxylation is 2. The lowest BCUT2D eigenvalue weighted by atomic mass is 10.1. The van der Waals surface area contributed by atoms with Crippen LogP contribution in [0.5, 0.6) is 5.75 Å². The van der Waals surface area contributed by atoms with Gasteiger partial charge in [0.2, 0.25) is 5.91 Å². The van der Waals surface area contributed by atoms with Gasteiger partial charge in [-0.25, -0.2) is 14.7 Å². The number of aliphatic imine (C=N–C) groups is 1. The van der Waals surface area contributed by atoms with Crippen LogP contribution in [0.1, 0.15) is 36.1 Å². The van der Waals surface area contributed by atoms with Gasteiger partial charge in [-0.3, -0.25) is 4.79 Å². The van der Waals surface area contributed by atoms with Crippen LogP contribution in [0.25, 0.3) is 0 Å². The Morgan fingerprint density at radius 2 is 2.10 bits per heavy atom. The molecule has 1 aliphatic rings. The highest BCUT2D eigenvalue weighted by atomic mass is 16.5. The molecule has 2 aromatic rings. The highest BCUT2D eigenvalue weighted by molar-refractivity contribution is 5.86. The fraction of sp³-hybridized carbons (Fsp3) is 0.500. The number of carbonyl (C=O) groups is 1. The van der Waals surface area contributed by atoms with Gasteiger partial charge in [0.15, 0.2) is 5.96 Å². The van der Waals surface area contributed by atoms with Gasteiger partial charge in [-0.15, -0.1) is 0 Å². The number of methoxy groups -OCH3 is 1. The molecule has 1 atom stereocenters. The van der Waals surface area contributed by atoms with Gasteiger partial charge in [0.25, 0.3) is 0 Å². The van der Waals surface area contributed by atoms with Gasteiger partial charge in [0.05, 0.1) is 26.2 Å². The number of ether oxygens (including phenoxy) is 1. The third-order valence-corrected chi connectivity index (χ3v) is 4.78. The monoisotopic (exact) mass is 399 g/mol. The average molecular weight is 399 g/mol. The van der Waals surface area contributed by atoms with Crippen molar-refractivity contribution in [1.82, 2.24) is 30.3 Å². The molecule has 9 heteroatoms. The zero-order valence-electron chi connectivity index (χ0n) is 17.5. The summed E-state index contributed by atoms with van der Waals surface area (Å²) in [6.45, 7) is 3.42. The van der Waals surface area contributed by atoms with Crippen molar-refractivity contribution < 1.29 is 9.53 Å². The Hall–Kier alpha value is -3.10. The average Bonchev–Trinajstić information content (AvgIpc) is 3.11. The Kier molecular flexibility index (Phi) is 6.69. The van der Waals surface area contributed by atoms with E-state index in [1.807, 2.05) is 35.9 Å². The third-order valence-electron chi connectivity index (χ3n) is 4.78. The number of hydrogen-bond acceptors (Lipinski definition) is 5. The molecule has 1 unspecified atom stereocenters. The van der Waals surface area contributed by atoms with Gasteiger partial charge in [-0.1, -0.05) is 12.1 Å². The summed E-state index contributed by atoms with van der Waals surface area (Å²) in [6, 6.07) is 7.78. The molecule has 0 bridgehead atoms. The van der Waals surface area contributed by atoms with Crippen LogP contribution in [0, 0.1) is 6.92 Å². The number of likely N-dealkylation sites (N-methyl/N-ethyl adjacent to an activating group) is 1. The number of hydrogen-bond donors (Lipinski definition) is 2. The SMILES string of the molecule is COc1ccc(CN=C(NCC(=O)N(C)C)NC2CCCn3nc(C)nc32)cc1. The lowest BCUT2D eigenvalue weighted by Gasteiger charge is -2.25. The van der Waals surface area contributed by atoms with E-state index in [0.29, 0.717) is 12.5 Å². The van der Waals surface area contributed by atoms with Crippen molar-refractivity contribution in [2.45, 2.75) is 38.9 Å². The second-order valence-electron chi connectivity index (χ2n) is 7.23. The molecule has 0 fully saturated rings. The van der Waals surface area contributed by atoms with E-state index in [-0.39, 0.29) is 18.5 Å². The van der Waals surface area contributed by atoms with E-state index in [9.17, 15) is 4.79 Å². The predicted molar refractivity (Wildman–Crippen MR) is 111 cm³/mol. The van der Waals surface area contributed by atoms with Crippen LogP contribution >= 0.6 is 0 Å². The number of nitrogens with zero attached hydrogens (tertiary/aromatic N) is 5. The van der Waals surface area contributed by atoms with Gasteiger partial charge in [0.1, 0.15) is 17.4 Å². The topological polar surface area (TPSA) is 96.7 Å². The molecular weight excluding hydrogens is 370 g/mol. The third kappa shape index (κ3) is 5.46. The summed E-state index contributed by atoms with van der Waals surface area (Å²) in [7, 11) is 5.11. The summed E-state index contributed by atoms with van der Waals surface area (Å²) in [5.41, 5.74) is 1.05. The first-order valence-corrected chi connectivity index (χ1v) is 9.75. The van der Waals surface area contributed by atoms with E-state index in [2.05, 4.69) is 25.7 Å². The van der Waals surface area contributed by atoms with E-state index in [4.69, 9.17) is 4.74 Å². The van der Waals surface area contributed by atoms with Gasteiger partial charge >= 0.3 is 0 Å².